The predicted octanol–water partition coefficient (Wildman–Crippen LogP) is 4.67. The summed E-state index contributed by atoms with van der Waals surface area (Å²) in [5.74, 6) is -1.18. The Hall–Kier alpha value is -2.20. The van der Waals surface area contributed by atoms with Gasteiger partial charge in [-0.1, -0.05) is 23.2 Å². The Balaban J connectivity index is 1.94. The Morgan fingerprint density at radius 2 is 1.88 bits per heavy atom. The number of anilines is 1. The number of amides is 1. The molecule has 2 aromatic rings. The quantitative estimate of drug-likeness (QED) is 0.452. The lowest BCUT2D eigenvalue weighted by Crippen LogP contribution is -2.21. The number of hydrogen-bond donors (Lipinski definition) is 1. The lowest BCUT2D eigenvalue weighted by atomic mass is 10.2. The van der Waals surface area contributed by atoms with E-state index < -0.39 is 18.5 Å². The fourth-order valence-electron chi connectivity index (χ4n) is 1.97. The Labute approximate surface area is 158 Å². The van der Waals surface area contributed by atoms with E-state index in [9.17, 15) is 9.59 Å². The molecular formula is C17H12Cl2N2O3S. The maximum absolute atomic E-state index is 11.9. The van der Waals surface area contributed by atoms with Crippen LogP contribution in [-0.2, 0) is 9.53 Å². The molecule has 8 heteroatoms. The van der Waals surface area contributed by atoms with E-state index in [4.69, 9.17) is 33.2 Å². The normalized spacial score (nSPS) is 10.0. The second-order valence-corrected chi connectivity index (χ2v) is 6.68. The van der Waals surface area contributed by atoms with E-state index in [1.54, 1.807) is 25.1 Å². The molecule has 2 rings (SSSR count). The maximum Gasteiger partial charge on any atom is 0.338 e. The van der Waals surface area contributed by atoms with Gasteiger partial charge in [0.1, 0.15) is 5.40 Å². The zero-order valence-corrected chi connectivity index (χ0v) is 15.3. The van der Waals surface area contributed by atoms with Gasteiger partial charge in [-0.25, -0.2) is 4.79 Å². The fraction of sp³-hybridized carbons (Fsp3) is 0.118. The molecule has 25 heavy (non-hydrogen) atoms. The number of nitrogens with zero attached hydrogens (tertiary/aromatic N) is 1. The van der Waals surface area contributed by atoms with Gasteiger partial charge in [-0.05, 0) is 60.6 Å². The van der Waals surface area contributed by atoms with Crippen LogP contribution in [0.5, 0.6) is 0 Å². The van der Waals surface area contributed by atoms with Crippen molar-refractivity contribution in [2.75, 3.05) is 11.9 Å². The van der Waals surface area contributed by atoms with Crippen LogP contribution in [0.4, 0.5) is 5.69 Å². The summed E-state index contributed by atoms with van der Waals surface area (Å²) in [5, 5.41) is 13.9. The number of thiocyanates is 1. The van der Waals surface area contributed by atoms with Crippen LogP contribution in [0.1, 0.15) is 15.9 Å². The van der Waals surface area contributed by atoms with Crippen molar-refractivity contribution >= 4 is 52.5 Å². The van der Waals surface area contributed by atoms with Crippen molar-refractivity contribution in [3.63, 3.8) is 0 Å². The van der Waals surface area contributed by atoms with E-state index >= 15 is 0 Å². The number of nitriles is 1. The molecule has 2 aromatic carbocycles. The topological polar surface area (TPSA) is 79.2 Å². The highest BCUT2D eigenvalue weighted by atomic mass is 35.5. The molecule has 0 radical (unpaired) electrons. The molecule has 0 aliphatic heterocycles. The predicted molar refractivity (Wildman–Crippen MR) is 98.0 cm³/mol. The van der Waals surface area contributed by atoms with Crippen molar-refractivity contribution in [3.05, 3.63) is 57.6 Å². The van der Waals surface area contributed by atoms with Gasteiger partial charge in [-0.2, -0.15) is 5.26 Å². The van der Waals surface area contributed by atoms with Crippen LogP contribution in [0.2, 0.25) is 10.0 Å². The summed E-state index contributed by atoms with van der Waals surface area (Å²) in [4.78, 5) is 24.7. The van der Waals surface area contributed by atoms with Crippen molar-refractivity contribution in [1.29, 1.82) is 5.26 Å². The van der Waals surface area contributed by atoms with E-state index in [0.717, 1.165) is 22.2 Å². The number of carbonyl (C=O) groups is 2. The molecule has 0 heterocycles. The third kappa shape index (κ3) is 5.68. The summed E-state index contributed by atoms with van der Waals surface area (Å²) in [7, 11) is 0. The lowest BCUT2D eigenvalue weighted by molar-refractivity contribution is -0.119. The lowest BCUT2D eigenvalue weighted by Gasteiger charge is -2.10. The van der Waals surface area contributed by atoms with Gasteiger partial charge in [0.05, 0.1) is 5.56 Å². The zero-order valence-electron chi connectivity index (χ0n) is 13.0. The largest absolute Gasteiger partial charge is 0.452 e. The first-order valence-corrected chi connectivity index (χ1v) is 8.56. The van der Waals surface area contributed by atoms with E-state index in [1.807, 2.05) is 5.40 Å². The van der Waals surface area contributed by atoms with Crippen LogP contribution >= 0.6 is 35.0 Å². The number of hydrogen-bond acceptors (Lipinski definition) is 5. The summed E-state index contributed by atoms with van der Waals surface area (Å²) in [6.45, 7) is 1.36. The monoisotopic (exact) mass is 394 g/mol. The Morgan fingerprint density at radius 1 is 1.20 bits per heavy atom. The number of ether oxygens (including phenoxy) is 1. The SMILES string of the molecule is Cc1cc(SC#N)ccc1NC(=O)COC(=O)c1cc(Cl)cc(Cl)c1. The van der Waals surface area contributed by atoms with Crippen molar-refractivity contribution in [3.8, 4) is 5.40 Å². The second-order valence-electron chi connectivity index (χ2n) is 4.95. The molecule has 0 aromatic heterocycles. The third-order valence-electron chi connectivity index (χ3n) is 3.07. The van der Waals surface area contributed by atoms with Gasteiger partial charge in [0.25, 0.3) is 5.91 Å². The Kier molecular flexibility index (Phi) is 6.71. The van der Waals surface area contributed by atoms with E-state index in [0.29, 0.717) is 15.7 Å². The number of rotatable bonds is 5. The first-order valence-electron chi connectivity index (χ1n) is 6.98. The van der Waals surface area contributed by atoms with Crippen LogP contribution in [-0.4, -0.2) is 18.5 Å². The molecule has 0 unspecified atom stereocenters. The molecule has 1 amide bonds. The molecule has 0 aliphatic carbocycles. The number of nitrogens with one attached hydrogen (secondary N) is 1. The van der Waals surface area contributed by atoms with Crippen molar-refractivity contribution in [2.24, 2.45) is 0 Å². The number of aryl methyl sites for hydroxylation is 1. The average molecular weight is 395 g/mol. The van der Waals surface area contributed by atoms with Gasteiger partial charge in [0, 0.05) is 20.6 Å². The van der Waals surface area contributed by atoms with Gasteiger partial charge in [0.15, 0.2) is 6.61 Å². The van der Waals surface area contributed by atoms with Gasteiger partial charge in [0.2, 0.25) is 0 Å². The highest BCUT2D eigenvalue weighted by Crippen LogP contribution is 2.23. The average Bonchev–Trinajstić information content (AvgIpc) is 2.54. The molecule has 1 N–H and O–H groups in total. The van der Waals surface area contributed by atoms with E-state index in [1.165, 1.54) is 18.2 Å². The van der Waals surface area contributed by atoms with Crippen molar-refractivity contribution < 1.29 is 14.3 Å². The molecule has 0 spiro atoms. The van der Waals surface area contributed by atoms with Crippen LogP contribution in [0.3, 0.4) is 0 Å². The maximum atomic E-state index is 11.9. The first kappa shape index (κ1) is 19.1. The van der Waals surface area contributed by atoms with Gasteiger partial charge < -0.3 is 10.1 Å². The minimum absolute atomic E-state index is 0.166. The van der Waals surface area contributed by atoms with Crippen molar-refractivity contribution in [1.82, 2.24) is 0 Å². The minimum Gasteiger partial charge on any atom is -0.452 e. The number of thioether (sulfide) groups is 1. The smallest absolute Gasteiger partial charge is 0.338 e. The van der Waals surface area contributed by atoms with Crippen molar-refractivity contribution in [2.45, 2.75) is 11.8 Å². The number of carbonyl (C=O) groups excluding carboxylic acids is 2. The number of halogens is 2. The van der Waals surface area contributed by atoms with Crippen LogP contribution in [0.15, 0.2) is 41.3 Å². The molecule has 0 fully saturated rings. The highest BCUT2D eigenvalue weighted by molar-refractivity contribution is 8.03. The molecule has 0 atom stereocenters. The fourth-order valence-corrected chi connectivity index (χ4v) is 2.97. The minimum atomic E-state index is -0.697. The van der Waals surface area contributed by atoms with Crippen LogP contribution < -0.4 is 5.32 Å². The number of benzene rings is 2. The summed E-state index contributed by atoms with van der Waals surface area (Å²) >= 11 is 12.7. The molecule has 0 saturated carbocycles. The standard InChI is InChI=1S/C17H12Cl2N2O3S/c1-10-4-14(25-9-20)2-3-15(10)21-16(22)8-24-17(23)11-5-12(18)7-13(19)6-11/h2-7H,8H2,1H3,(H,21,22). The Morgan fingerprint density at radius 3 is 2.48 bits per heavy atom. The molecular weight excluding hydrogens is 383 g/mol. The van der Waals surface area contributed by atoms with Gasteiger partial charge >= 0.3 is 5.97 Å². The zero-order chi connectivity index (χ0) is 18.4. The van der Waals surface area contributed by atoms with Gasteiger partial charge in [-0.15, -0.1) is 0 Å². The van der Waals surface area contributed by atoms with Crippen LogP contribution in [0.25, 0.3) is 0 Å². The second kappa shape index (κ2) is 8.77. The van der Waals surface area contributed by atoms with Gasteiger partial charge in [-0.3, -0.25) is 4.79 Å². The Bertz CT molecular complexity index is 845. The molecule has 0 aliphatic rings. The summed E-state index contributed by atoms with van der Waals surface area (Å²) in [5.41, 5.74) is 1.54. The first-order chi connectivity index (χ1) is 11.9. The molecule has 5 nitrogen and oxygen atoms in total. The summed E-state index contributed by atoms with van der Waals surface area (Å²) < 4.78 is 4.96. The molecule has 0 saturated heterocycles. The number of esters is 1. The molecule has 128 valence electrons. The highest BCUT2D eigenvalue weighted by Gasteiger charge is 2.13. The van der Waals surface area contributed by atoms with E-state index in [-0.39, 0.29) is 5.56 Å². The summed E-state index contributed by atoms with van der Waals surface area (Å²) in [6.07, 6.45) is 0. The third-order valence-corrected chi connectivity index (χ3v) is 4.09. The summed E-state index contributed by atoms with van der Waals surface area (Å²) in [6, 6.07) is 9.49. The van der Waals surface area contributed by atoms with Crippen LogP contribution in [0, 0.1) is 17.6 Å². The molecule has 0 bridgehead atoms. The van der Waals surface area contributed by atoms with E-state index in [2.05, 4.69) is 5.32 Å².